The van der Waals surface area contributed by atoms with E-state index >= 15 is 0 Å². The van der Waals surface area contributed by atoms with E-state index in [2.05, 4.69) is 10.0 Å². The van der Waals surface area contributed by atoms with Gasteiger partial charge >= 0.3 is 5.97 Å². The monoisotopic (exact) mass is 468 g/mol. The predicted octanol–water partition coefficient (Wildman–Crippen LogP) is 4.55. The third-order valence-corrected chi connectivity index (χ3v) is 6.67. The van der Waals surface area contributed by atoms with Crippen LogP contribution in [0.15, 0.2) is 77.7 Å². The number of carbonyl (C=O) groups excluding carboxylic acids is 1. The summed E-state index contributed by atoms with van der Waals surface area (Å²) in [7, 11) is 0. The van der Waals surface area contributed by atoms with E-state index in [0.717, 1.165) is 21.6 Å². The van der Waals surface area contributed by atoms with Gasteiger partial charge in [0, 0.05) is 21.5 Å². The minimum Gasteiger partial charge on any atom is -0.480 e. The zero-order valence-electron chi connectivity index (χ0n) is 16.9. The Balaban J connectivity index is 1.44. The highest BCUT2D eigenvalue weighted by Crippen LogP contribution is 2.53. The Kier molecular flexibility index (Phi) is 6.53. The summed E-state index contributed by atoms with van der Waals surface area (Å²) in [5.41, 5.74) is 2.35. The lowest BCUT2D eigenvalue weighted by Crippen LogP contribution is -2.36. The second-order valence-electron chi connectivity index (χ2n) is 7.60. The molecule has 4 rings (SSSR count). The van der Waals surface area contributed by atoms with E-state index in [0.29, 0.717) is 17.1 Å². The minimum atomic E-state index is -1.08. The average Bonchev–Trinajstić information content (AvgIpc) is 3.55. The highest BCUT2D eigenvalue weighted by molar-refractivity contribution is 7.97. The number of halogens is 1. The maximum atomic E-state index is 12.1. The summed E-state index contributed by atoms with van der Waals surface area (Å²) in [4.78, 5) is 24.4. The molecule has 1 aliphatic rings. The lowest BCUT2D eigenvalue weighted by atomic mass is 10.1. The van der Waals surface area contributed by atoms with E-state index < -0.39 is 24.0 Å². The molecule has 1 amide bonds. The number of aliphatic hydroxyl groups excluding tert-OH is 1. The molecule has 1 fully saturated rings. The number of carboxylic acids is 1. The number of hydrogen-bond donors (Lipinski definition) is 4. The number of benzene rings is 3. The Hall–Kier alpha value is -2.84. The van der Waals surface area contributed by atoms with Crippen LogP contribution in [0, 0.1) is 0 Å². The van der Waals surface area contributed by atoms with Crippen LogP contribution in [0.4, 0.5) is 5.69 Å². The van der Waals surface area contributed by atoms with Crippen LogP contribution in [-0.2, 0) is 9.59 Å². The van der Waals surface area contributed by atoms with E-state index in [1.165, 1.54) is 11.9 Å². The van der Waals surface area contributed by atoms with Gasteiger partial charge in [-0.15, -0.1) is 0 Å². The molecule has 0 radical (unpaired) electrons. The van der Waals surface area contributed by atoms with Crippen LogP contribution in [0.2, 0.25) is 5.02 Å². The normalized spacial score (nSPS) is 19.4. The van der Waals surface area contributed by atoms with Crippen molar-refractivity contribution >= 4 is 41.1 Å². The third kappa shape index (κ3) is 4.81. The van der Waals surface area contributed by atoms with Crippen molar-refractivity contribution in [3.8, 4) is 11.1 Å². The average molecular weight is 469 g/mol. The smallest absolute Gasteiger partial charge is 0.325 e. The first-order chi connectivity index (χ1) is 15.4. The number of anilines is 1. The molecule has 3 aromatic carbocycles. The van der Waals surface area contributed by atoms with Gasteiger partial charge in [0.2, 0.25) is 5.91 Å². The van der Waals surface area contributed by atoms with Crippen molar-refractivity contribution < 1.29 is 19.8 Å². The van der Waals surface area contributed by atoms with Crippen molar-refractivity contribution in [2.75, 3.05) is 11.9 Å². The number of aliphatic carboxylic acids is 1. The molecule has 3 aromatic rings. The maximum absolute atomic E-state index is 12.1. The Labute approximate surface area is 194 Å². The van der Waals surface area contributed by atoms with Crippen molar-refractivity contribution in [2.45, 2.75) is 22.8 Å². The number of hydrogen-bond acceptors (Lipinski definition) is 5. The van der Waals surface area contributed by atoms with Gasteiger partial charge in [0.05, 0.1) is 0 Å². The summed E-state index contributed by atoms with van der Waals surface area (Å²) in [5, 5.41) is 22.1. The SMILES string of the molecule is O=C(CO)Nc1cccc(C2CC2(NSc2ccc(-c3ccc(Cl)cc3)cc2)C(=O)O)c1. The van der Waals surface area contributed by atoms with Gasteiger partial charge in [0.15, 0.2) is 0 Å². The minimum absolute atomic E-state index is 0.230. The van der Waals surface area contributed by atoms with Gasteiger partial charge in [-0.3, -0.25) is 9.59 Å². The largest absolute Gasteiger partial charge is 0.480 e. The first-order valence-corrected chi connectivity index (χ1v) is 11.1. The standard InChI is InChI=1S/C24H21ClN2O4S/c25-18-8-4-15(5-9-18)16-6-10-20(11-7-16)32-27-24(23(30)31)13-21(24)17-2-1-3-19(12-17)26-22(29)14-28/h1-12,21,27-28H,13-14H2,(H,26,29)(H,30,31). The van der Waals surface area contributed by atoms with Gasteiger partial charge in [-0.2, -0.15) is 0 Å². The van der Waals surface area contributed by atoms with E-state index in [9.17, 15) is 14.7 Å². The van der Waals surface area contributed by atoms with Crippen molar-refractivity contribution in [1.82, 2.24) is 4.72 Å². The molecule has 0 spiro atoms. The van der Waals surface area contributed by atoms with Gasteiger partial charge < -0.3 is 15.5 Å². The van der Waals surface area contributed by atoms with Gasteiger partial charge in [0.25, 0.3) is 0 Å². The Morgan fingerprint density at radius 2 is 1.69 bits per heavy atom. The number of carboxylic acid groups (broad SMARTS) is 1. The molecule has 0 aromatic heterocycles. The summed E-state index contributed by atoms with van der Waals surface area (Å²) >= 11 is 7.23. The van der Waals surface area contributed by atoms with Crippen molar-refractivity contribution in [3.05, 3.63) is 83.4 Å². The second-order valence-corrected chi connectivity index (χ2v) is 8.92. The lowest BCUT2D eigenvalue weighted by molar-refractivity contribution is -0.140. The zero-order valence-corrected chi connectivity index (χ0v) is 18.5. The molecule has 8 heteroatoms. The number of aliphatic hydroxyl groups is 1. The Morgan fingerprint density at radius 3 is 2.31 bits per heavy atom. The summed E-state index contributed by atoms with van der Waals surface area (Å²) < 4.78 is 3.14. The Bertz CT molecular complexity index is 1140. The Morgan fingerprint density at radius 1 is 1.03 bits per heavy atom. The molecule has 32 heavy (non-hydrogen) atoms. The molecule has 0 heterocycles. The van der Waals surface area contributed by atoms with Crippen LogP contribution in [0.25, 0.3) is 11.1 Å². The number of carbonyl (C=O) groups is 2. The summed E-state index contributed by atoms with van der Waals surface area (Å²) in [6.45, 7) is -0.609. The quantitative estimate of drug-likeness (QED) is 0.362. The molecular formula is C24H21ClN2O4S. The van der Waals surface area contributed by atoms with Crippen molar-refractivity contribution in [2.24, 2.45) is 0 Å². The van der Waals surface area contributed by atoms with Crippen LogP contribution in [-0.4, -0.2) is 34.2 Å². The van der Waals surface area contributed by atoms with Crippen LogP contribution in [0.5, 0.6) is 0 Å². The summed E-state index contributed by atoms with van der Waals surface area (Å²) in [6.07, 6.45) is 0.440. The summed E-state index contributed by atoms with van der Waals surface area (Å²) in [5.74, 6) is -1.66. The first-order valence-electron chi connectivity index (χ1n) is 9.95. The lowest BCUT2D eigenvalue weighted by Gasteiger charge is -2.15. The topological polar surface area (TPSA) is 98.7 Å². The molecule has 0 bridgehead atoms. The van der Waals surface area contributed by atoms with Crippen molar-refractivity contribution in [1.29, 1.82) is 0 Å². The van der Waals surface area contributed by atoms with Crippen LogP contribution < -0.4 is 10.0 Å². The number of rotatable bonds is 8. The predicted molar refractivity (Wildman–Crippen MR) is 126 cm³/mol. The molecule has 4 N–H and O–H groups in total. The van der Waals surface area contributed by atoms with E-state index in [-0.39, 0.29) is 5.92 Å². The van der Waals surface area contributed by atoms with Gasteiger partial charge in [-0.05, 0) is 71.5 Å². The molecule has 1 aliphatic carbocycles. The van der Waals surface area contributed by atoms with E-state index in [4.69, 9.17) is 16.7 Å². The molecule has 0 saturated heterocycles. The van der Waals surface area contributed by atoms with Crippen molar-refractivity contribution in [3.63, 3.8) is 0 Å². The van der Waals surface area contributed by atoms with Crippen LogP contribution in [0.3, 0.4) is 0 Å². The maximum Gasteiger partial charge on any atom is 0.325 e. The van der Waals surface area contributed by atoms with Crippen LogP contribution in [0.1, 0.15) is 17.9 Å². The molecule has 6 nitrogen and oxygen atoms in total. The highest BCUT2D eigenvalue weighted by Gasteiger charge is 2.61. The molecule has 2 unspecified atom stereocenters. The van der Waals surface area contributed by atoms with Gasteiger partial charge in [0.1, 0.15) is 12.1 Å². The van der Waals surface area contributed by atoms with Gasteiger partial charge in [-0.25, -0.2) is 4.72 Å². The fraction of sp³-hybridized carbons (Fsp3) is 0.167. The van der Waals surface area contributed by atoms with E-state index in [1.807, 2.05) is 54.6 Å². The third-order valence-electron chi connectivity index (χ3n) is 5.44. The van der Waals surface area contributed by atoms with E-state index in [1.54, 1.807) is 18.2 Å². The number of nitrogens with one attached hydrogen (secondary N) is 2. The highest BCUT2D eigenvalue weighted by atomic mass is 35.5. The van der Waals surface area contributed by atoms with Crippen LogP contribution >= 0.6 is 23.5 Å². The fourth-order valence-corrected chi connectivity index (χ4v) is 4.61. The molecular weight excluding hydrogens is 448 g/mol. The second kappa shape index (κ2) is 9.34. The molecule has 1 saturated carbocycles. The first kappa shape index (κ1) is 22.4. The number of amides is 1. The fourth-order valence-electron chi connectivity index (χ4n) is 3.60. The molecule has 164 valence electrons. The summed E-state index contributed by atoms with van der Waals surface area (Å²) in [6, 6.07) is 22.5. The zero-order chi connectivity index (χ0) is 22.7. The molecule has 0 aliphatic heterocycles. The van der Waals surface area contributed by atoms with Gasteiger partial charge in [-0.1, -0.05) is 48.0 Å². The molecule has 2 atom stereocenters.